The predicted octanol–water partition coefficient (Wildman–Crippen LogP) is 6.84. The lowest BCUT2D eigenvalue weighted by Gasteiger charge is -2.36. The molecule has 1 N–H and O–H groups in total. The third-order valence-electron chi connectivity index (χ3n) is 7.13. The second-order valence-electron chi connectivity index (χ2n) is 9.63. The Bertz CT molecular complexity index is 1390. The lowest BCUT2D eigenvalue weighted by molar-refractivity contribution is -0.140. The van der Waals surface area contributed by atoms with Crippen LogP contribution in [-0.4, -0.2) is 18.4 Å². The summed E-state index contributed by atoms with van der Waals surface area (Å²) in [5.74, 6) is -0.156. The number of ketones is 1. The Kier molecular flexibility index (Phi) is 7.66. The Morgan fingerprint density at radius 1 is 0.947 bits per heavy atom. The molecule has 0 aromatic heterocycles. The summed E-state index contributed by atoms with van der Waals surface area (Å²) in [5, 5.41) is 4.07. The van der Waals surface area contributed by atoms with Crippen LogP contribution in [0.15, 0.2) is 101 Å². The number of allylic oxidation sites excluding steroid dienone is 3. The number of hydrogen-bond donors (Lipinski definition) is 1. The molecule has 0 unspecified atom stereocenters. The fourth-order valence-corrected chi connectivity index (χ4v) is 5.46. The lowest BCUT2D eigenvalue weighted by atomic mass is 9.71. The van der Waals surface area contributed by atoms with Gasteiger partial charge in [-0.05, 0) is 67.1 Å². The number of carbonyl (C=O) groups is 2. The quantitative estimate of drug-likeness (QED) is 0.341. The van der Waals surface area contributed by atoms with Crippen molar-refractivity contribution in [2.45, 2.75) is 45.1 Å². The summed E-state index contributed by atoms with van der Waals surface area (Å²) >= 11 is 6.09. The molecule has 3 aromatic carbocycles. The van der Waals surface area contributed by atoms with E-state index >= 15 is 0 Å². The van der Waals surface area contributed by atoms with Crippen molar-refractivity contribution < 1.29 is 19.1 Å². The number of ether oxygens (including phenoxy) is 2. The van der Waals surface area contributed by atoms with Crippen molar-refractivity contribution in [3.63, 3.8) is 0 Å². The molecular formula is C32H30ClNO4. The Balaban J connectivity index is 1.50. The fourth-order valence-electron chi connectivity index (χ4n) is 5.34. The molecular weight excluding hydrogens is 498 g/mol. The maximum atomic E-state index is 13.8. The number of Topliss-reactive ketones (excluding diaryl/α,β-unsaturated/α-hetero) is 1. The van der Waals surface area contributed by atoms with E-state index in [2.05, 4.69) is 5.32 Å². The molecule has 1 aliphatic carbocycles. The van der Waals surface area contributed by atoms with Crippen LogP contribution >= 0.6 is 11.6 Å². The minimum atomic E-state index is -0.524. The standard InChI is InChI=1S/C32H30ClNO4/c1-3-37-26-15-11-23(12-16-26)30-29(32(36)38-19-21-7-5-4-6-8-21)20(2)34-27-17-24(18-28(35)31(27)30)22-9-13-25(33)14-10-22/h4-16,24,30,34H,3,17-19H2,1-2H3/t24-,30+/m0/s1. The summed E-state index contributed by atoms with van der Waals surface area (Å²) in [6.07, 6.45) is 1.03. The number of halogens is 1. The molecule has 194 valence electrons. The largest absolute Gasteiger partial charge is 0.494 e. The highest BCUT2D eigenvalue weighted by atomic mass is 35.5. The number of dihydropyridines is 1. The predicted molar refractivity (Wildman–Crippen MR) is 148 cm³/mol. The topological polar surface area (TPSA) is 64.6 Å². The summed E-state index contributed by atoms with van der Waals surface area (Å²) in [7, 11) is 0. The molecule has 5 nitrogen and oxygen atoms in total. The van der Waals surface area contributed by atoms with Crippen LogP contribution in [0.3, 0.4) is 0 Å². The van der Waals surface area contributed by atoms with E-state index in [4.69, 9.17) is 21.1 Å². The Hall–Kier alpha value is -3.83. The number of esters is 1. The molecule has 0 fully saturated rings. The molecule has 38 heavy (non-hydrogen) atoms. The van der Waals surface area contributed by atoms with Gasteiger partial charge in [-0.2, -0.15) is 0 Å². The summed E-state index contributed by atoms with van der Waals surface area (Å²) in [5.41, 5.74) is 5.48. The van der Waals surface area contributed by atoms with Gasteiger partial charge in [-0.25, -0.2) is 4.79 Å². The zero-order valence-corrected chi connectivity index (χ0v) is 22.3. The van der Waals surface area contributed by atoms with E-state index in [0.717, 1.165) is 28.1 Å². The maximum Gasteiger partial charge on any atom is 0.337 e. The number of benzene rings is 3. The van der Waals surface area contributed by atoms with Crippen molar-refractivity contribution in [3.05, 3.63) is 123 Å². The molecule has 1 heterocycles. The molecule has 0 radical (unpaired) electrons. The van der Waals surface area contributed by atoms with Gasteiger partial charge in [0.1, 0.15) is 12.4 Å². The van der Waals surface area contributed by atoms with Crippen molar-refractivity contribution in [2.24, 2.45) is 0 Å². The van der Waals surface area contributed by atoms with E-state index in [1.54, 1.807) is 0 Å². The van der Waals surface area contributed by atoms with E-state index in [1.165, 1.54) is 0 Å². The maximum absolute atomic E-state index is 13.8. The van der Waals surface area contributed by atoms with Gasteiger partial charge >= 0.3 is 5.97 Å². The van der Waals surface area contributed by atoms with Gasteiger partial charge in [-0.15, -0.1) is 0 Å². The van der Waals surface area contributed by atoms with E-state index in [-0.39, 0.29) is 18.3 Å². The van der Waals surface area contributed by atoms with Gasteiger partial charge < -0.3 is 14.8 Å². The fraction of sp³-hybridized carbons (Fsp3) is 0.250. The third-order valence-corrected chi connectivity index (χ3v) is 7.38. The van der Waals surface area contributed by atoms with Gasteiger partial charge in [0.2, 0.25) is 0 Å². The van der Waals surface area contributed by atoms with E-state index in [9.17, 15) is 9.59 Å². The highest BCUT2D eigenvalue weighted by Gasteiger charge is 2.41. The number of rotatable bonds is 7. The van der Waals surface area contributed by atoms with Gasteiger partial charge in [0.25, 0.3) is 0 Å². The van der Waals surface area contributed by atoms with Crippen molar-refractivity contribution in [1.82, 2.24) is 5.32 Å². The van der Waals surface area contributed by atoms with Gasteiger partial charge in [-0.3, -0.25) is 4.79 Å². The number of nitrogens with one attached hydrogen (secondary N) is 1. The van der Waals surface area contributed by atoms with Crippen LogP contribution in [0.25, 0.3) is 0 Å². The van der Waals surface area contributed by atoms with Crippen LogP contribution in [-0.2, 0) is 20.9 Å². The molecule has 0 amide bonds. The van der Waals surface area contributed by atoms with Crippen molar-refractivity contribution in [2.75, 3.05) is 6.61 Å². The van der Waals surface area contributed by atoms with Crippen LogP contribution in [0.2, 0.25) is 5.02 Å². The van der Waals surface area contributed by atoms with Crippen LogP contribution in [0.1, 0.15) is 55.2 Å². The average Bonchev–Trinajstić information content (AvgIpc) is 2.92. The van der Waals surface area contributed by atoms with Gasteiger partial charge in [0, 0.05) is 34.3 Å². The van der Waals surface area contributed by atoms with Crippen LogP contribution in [0, 0.1) is 0 Å². The van der Waals surface area contributed by atoms with Gasteiger partial charge in [0.05, 0.1) is 12.2 Å². The molecule has 1 aliphatic heterocycles. The first-order valence-electron chi connectivity index (χ1n) is 12.9. The highest BCUT2D eigenvalue weighted by molar-refractivity contribution is 6.30. The molecule has 2 atom stereocenters. The first-order valence-corrected chi connectivity index (χ1v) is 13.3. The van der Waals surface area contributed by atoms with Crippen LogP contribution in [0.5, 0.6) is 5.75 Å². The molecule has 0 saturated carbocycles. The second kappa shape index (κ2) is 11.3. The monoisotopic (exact) mass is 527 g/mol. The second-order valence-corrected chi connectivity index (χ2v) is 10.1. The van der Waals surface area contributed by atoms with Gasteiger partial charge in [0.15, 0.2) is 5.78 Å². The van der Waals surface area contributed by atoms with Crippen molar-refractivity contribution >= 4 is 23.4 Å². The SMILES string of the molecule is CCOc1ccc([C@@H]2C(C(=O)OCc3ccccc3)=C(C)NC3=C2C(=O)C[C@@H](c2ccc(Cl)cc2)C3)cc1. The number of hydrogen-bond acceptors (Lipinski definition) is 5. The minimum Gasteiger partial charge on any atom is -0.494 e. The molecule has 0 saturated heterocycles. The molecule has 6 heteroatoms. The average molecular weight is 528 g/mol. The summed E-state index contributed by atoms with van der Waals surface area (Å²) in [6.45, 7) is 4.52. The van der Waals surface area contributed by atoms with Crippen LogP contribution in [0.4, 0.5) is 0 Å². The lowest BCUT2D eigenvalue weighted by Crippen LogP contribution is -2.36. The third kappa shape index (κ3) is 5.39. The summed E-state index contributed by atoms with van der Waals surface area (Å²) in [4.78, 5) is 27.3. The van der Waals surface area contributed by atoms with E-state index < -0.39 is 11.9 Å². The van der Waals surface area contributed by atoms with E-state index in [1.807, 2.05) is 92.7 Å². The van der Waals surface area contributed by atoms with E-state index in [0.29, 0.717) is 41.3 Å². The molecule has 3 aromatic rings. The normalized spacial score (nSPS) is 19.1. The summed E-state index contributed by atoms with van der Waals surface area (Å²) in [6, 6.07) is 24.9. The molecule has 0 bridgehead atoms. The Morgan fingerprint density at radius 3 is 2.32 bits per heavy atom. The Morgan fingerprint density at radius 2 is 1.63 bits per heavy atom. The molecule has 0 spiro atoms. The first-order chi connectivity index (χ1) is 18.4. The zero-order chi connectivity index (χ0) is 26.6. The highest BCUT2D eigenvalue weighted by Crippen LogP contribution is 2.46. The smallest absolute Gasteiger partial charge is 0.337 e. The zero-order valence-electron chi connectivity index (χ0n) is 21.5. The van der Waals surface area contributed by atoms with Crippen molar-refractivity contribution in [3.8, 4) is 5.75 Å². The number of carbonyl (C=O) groups excluding carboxylic acids is 2. The van der Waals surface area contributed by atoms with Gasteiger partial charge in [-0.1, -0.05) is 66.2 Å². The molecule has 2 aliphatic rings. The minimum absolute atomic E-state index is 0.0263. The van der Waals surface area contributed by atoms with Crippen molar-refractivity contribution in [1.29, 1.82) is 0 Å². The molecule has 5 rings (SSSR count). The first kappa shape index (κ1) is 25.8. The summed E-state index contributed by atoms with van der Waals surface area (Å²) < 4.78 is 11.4. The van der Waals surface area contributed by atoms with Crippen LogP contribution < -0.4 is 10.1 Å². The Labute approximate surface area is 228 Å².